The monoisotopic (exact) mass is 282 g/mol. The van der Waals surface area contributed by atoms with Gasteiger partial charge in [-0.2, -0.15) is 0 Å². The summed E-state index contributed by atoms with van der Waals surface area (Å²) in [4.78, 5) is 4.30. The molecule has 0 saturated heterocycles. The van der Waals surface area contributed by atoms with Crippen molar-refractivity contribution in [3.05, 3.63) is 29.1 Å². The van der Waals surface area contributed by atoms with Gasteiger partial charge < -0.3 is 9.67 Å². The van der Waals surface area contributed by atoms with Crippen molar-refractivity contribution >= 4 is 15.9 Å². The Labute approximate surface area is 101 Å². The zero-order valence-corrected chi connectivity index (χ0v) is 10.3. The molecule has 0 unspecified atom stereocenters. The Kier molecular flexibility index (Phi) is 3.31. The molecule has 2 rings (SSSR count). The Hall–Kier alpha value is -1.27. The molecule has 0 fully saturated rings. The molecular formula is C10H11BrN4O. The van der Waals surface area contributed by atoms with Crippen molar-refractivity contribution < 1.29 is 5.11 Å². The molecule has 0 aromatic carbocycles. The van der Waals surface area contributed by atoms with Crippen LogP contribution in [0.5, 0.6) is 0 Å². The summed E-state index contributed by atoms with van der Waals surface area (Å²) in [6, 6.07) is 5.52. The standard InChI is InChI=1S/C10H11BrN4O/c1-7(5-16)15-6-12-14-10(15)8-3-2-4-9(11)13-8/h2-4,6-7,16H,5H2,1H3/t7-/m1/s1. The summed E-state index contributed by atoms with van der Waals surface area (Å²) in [5.74, 6) is 0.655. The van der Waals surface area contributed by atoms with Gasteiger partial charge in [0.25, 0.3) is 0 Å². The van der Waals surface area contributed by atoms with Crippen molar-refractivity contribution in [2.75, 3.05) is 6.61 Å². The van der Waals surface area contributed by atoms with Gasteiger partial charge in [0, 0.05) is 0 Å². The van der Waals surface area contributed by atoms with Gasteiger partial charge in [-0.1, -0.05) is 6.07 Å². The first-order valence-electron chi connectivity index (χ1n) is 4.85. The molecule has 0 aliphatic rings. The molecule has 0 radical (unpaired) electrons. The third-order valence-corrected chi connectivity index (χ3v) is 2.70. The molecule has 1 N–H and O–H groups in total. The third kappa shape index (κ3) is 2.12. The van der Waals surface area contributed by atoms with E-state index in [-0.39, 0.29) is 12.6 Å². The molecule has 6 heteroatoms. The summed E-state index contributed by atoms with van der Waals surface area (Å²) in [5, 5.41) is 17.0. The van der Waals surface area contributed by atoms with E-state index in [0.717, 1.165) is 10.3 Å². The fourth-order valence-electron chi connectivity index (χ4n) is 1.37. The Balaban J connectivity index is 2.44. The van der Waals surface area contributed by atoms with Crippen LogP contribution in [0.1, 0.15) is 13.0 Å². The Morgan fingerprint density at radius 3 is 3.00 bits per heavy atom. The molecule has 2 aromatic rings. The average Bonchev–Trinajstić information content (AvgIpc) is 2.77. The number of aliphatic hydroxyl groups is 1. The van der Waals surface area contributed by atoms with Crippen LogP contribution >= 0.6 is 15.9 Å². The first kappa shape index (κ1) is 11.2. The molecule has 84 valence electrons. The summed E-state index contributed by atoms with van der Waals surface area (Å²) in [7, 11) is 0. The largest absolute Gasteiger partial charge is 0.394 e. The van der Waals surface area contributed by atoms with Gasteiger partial charge in [-0.05, 0) is 35.0 Å². The maximum atomic E-state index is 9.13. The van der Waals surface area contributed by atoms with E-state index in [0.29, 0.717) is 5.82 Å². The van der Waals surface area contributed by atoms with Crippen LogP contribution < -0.4 is 0 Å². The SMILES string of the molecule is C[C@H](CO)n1cnnc1-c1cccc(Br)n1. The molecule has 5 nitrogen and oxygen atoms in total. The second kappa shape index (κ2) is 4.71. The van der Waals surface area contributed by atoms with Crippen LogP contribution in [0.2, 0.25) is 0 Å². The number of nitrogens with zero attached hydrogens (tertiary/aromatic N) is 4. The van der Waals surface area contributed by atoms with Crippen molar-refractivity contribution in [3.8, 4) is 11.5 Å². The van der Waals surface area contributed by atoms with Gasteiger partial charge >= 0.3 is 0 Å². The van der Waals surface area contributed by atoms with Gasteiger partial charge in [-0.25, -0.2) is 4.98 Å². The molecule has 0 amide bonds. The van der Waals surface area contributed by atoms with Gasteiger partial charge in [0.2, 0.25) is 0 Å². The zero-order chi connectivity index (χ0) is 11.5. The number of aromatic nitrogens is 4. The van der Waals surface area contributed by atoms with Crippen LogP contribution in [0.25, 0.3) is 11.5 Å². The second-order valence-electron chi connectivity index (χ2n) is 3.44. The Morgan fingerprint density at radius 1 is 1.50 bits per heavy atom. The molecule has 0 bridgehead atoms. The smallest absolute Gasteiger partial charge is 0.182 e. The van der Waals surface area contributed by atoms with E-state index in [4.69, 9.17) is 5.11 Å². The summed E-state index contributed by atoms with van der Waals surface area (Å²) >= 11 is 3.31. The second-order valence-corrected chi connectivity index (χ2v) is 4.25. The van der Waals surface area contributed by atoms with Crippen molar-refractivity contribution in [2.45, 2.75) is 13.0 Å². The van der Waals surface area contributed by atoms with Crippen molar-refractivity contribution in [3.63, 3.8) is 0 Å². The number of halogens is 1. The number of aliphatic hydroxyl groups excluding tert-OH is 1. The van der Waals surface area contributed by atoms with Crippen molar-refractivity contribution in [1.82, 2.24) is 19.7 Å². The highest BCUT2D eigenvalue weighted by atomic mass is 79.9. The quantitative estimate of drug-likeness (QED) is 0.870. The van der Waals surface area contributed by atoms with Gasteiger partial charge in [-0.15, -0.1) is 10.2 Å². The van der Waals surface area contributed by atoms with Gasteiger partial charge in [0.05, 0.1) is 12.6 Å². The van der Waals surface area contributed by atoms with Crippen LogP contribution in [-0.4, -0.2) is 31.5 Å². The number of rotatable bonds is 3. The first-order chi connectivity index (χ1) is 7.72. The molecule has 16 heavy (non-hydrogen) atoms. The maximum absolute atomic E-state index is 9.13. The van der Waals surface area contributed by atoms with Gasteiger partial charge in [-0.3, -0.25) is 0 Å². The maximum Gasteiger partial charge on any atom is 0.182 e. The number of pyridine rings is 1. The highest BCUT2D eigenvalue weighted by Crippen LogP contribution is 2.19. The molecular weight excluding hydrogens is 272 g/mol. The van der Waals surface area contributed by atoms with E-state index in [9.17, 15) is 0 Å². The molecule has 2 heterocycles. The van der Waals surface area contributed by atoms with E-state index in [1.165, 1.54) is 0 Å². The summed E-state index contributed by atoms with van der Waals surface area (Å²) in [5.41, 5.74) is 0.729. The van der Waals surface area contributed by atoms with E-state index in [2.05, 4.69) is 31.1 Å². The predicted octanol–water partition coefficient (Wildman–Crippen LogP) is 1.66. The van der Waals surface area contributed by atoms with Crippen molar-refractivity contribution in [2.24, 2.45) is 0 Å². The van der Waals surface area contributed by atoms with E-state index >= 15 is 0 Å². The minimum atomic E-state index is -0.0641. The van der Waals surface area contributed by atoms with Gasteiger partial charge in [0.15, 0.2) is 5.82 Å². The highest BCUT2D eigenvalue weighted by molar-refractivity contribution is 9.10. The fraction of sp³-hybridized carbons (Fsp3) is 0.300. The Bertz CT molecular complexity index is 485. The summed E-state index contributed by atoms with van der Waals surface area (Å²) < 4.78 is 2.55. The Morgan fingerprint density at radius 2 is 2.31 bits per heavy atom. The predicted molar refractivity (Wildman–Crippen MR) is 62.7 cm³/mol. The zero-order valence-electron chi connectivity index (χ0n) is 8.71. The molecule has 0 saturated carbocycles. The van der Waals surface area contributed by atoms with Crippen LogP contribution in [0, 0.1) is 0 Å². The third-order valence-electron chi connectivity index (χ3n) is 2.26. The lowest BCUT2D eigenvalue weighted by Crippen LogP contribution is -2.10. The minimum Gasteiger partial charge on any atom is -0.394 e. The first-order valence-corrected chi connectivity index (χ1v) is 5.65. The number of hydrogen-bond acceptors (Lipinski definition) is 4. The van der Waals surface area contributed by atoms with Crippen LogP contribution in [-0.2, 0) is 0 Å². The molecule has 0 aliphatic heterocycles. The highest BCUT2D eigenvalue weighted by Gasteiger charge is 2.13. The lowest BCUT2D eigenvalue weighted by atomic mass is 10.3. The number of hydrogen-bond donors (Lipinski definition) is 1. The van der Waals surface area contributed by atoms with Crippen LogP contribution in [0.4, 0.5) is 0 Å². The fourth-order valence-corrected chi connectivity index (χ4v) is 1.71. The minimum absolute atomic E-state index is 0.0407. The summed E-state index contributed by atoms with van der Waals surface area (Å²) in [6.07, 6.45) is 1.60. The lowest BCUT2D eigenvalue weighted by molar-refractivity contribution is 0.239. The van der Waals surface area contributed by atoms with Crippen LogP contribution in [0.15, 0.2) is 29.1 Å². The topological polar surface area (TPSA) is 63.8 Å². The normalized spacial score (nSPS) is 12.7. The molecule has 1 atom stereocenters. The van der Waals surface area contributed by atoms with E-state index in [1.54, 1.807) is 10.9 Å². The van der Waals surface area contributed by atoms with Crippen LogP contribution in [0.3, 0.4) is 0 Å². The van der Waals surface area contributed by atoms with Crippen molar-refractivity contribution in [1.29, 1.82) is 0 Å². The molecule has 0 spiro atoms. The summed E-state index contributed by atoms with van der Waals surface area (Å²) in [6.45, 7) is 1.93. The average molecular weight is 283 g/mol. The molecule has 0 aliphatic carbocycles. The molecule has 2 aromatic heterocycles. The lowest BCUT2D eigenvalue weighted by Gasteiger charge is -2.11. The van der Waals surface area contributed by atoms with Gasteiger partial charge in [0.1, 0.15) is 16.6 Å². The van der Waals surface area contributed by atoms with E-state index in [1.807, 2.05) is 25.1 Å². The van der Waals surface area contributed by atoms with E-state index < -0.39 is 0 Å².